The van der Waals surface area contributed by atoms with Crippen molar-refractivity contribution in [2.24, 2.45) is 5.92 Å². The van der Waals surface area contributed by atoms with Crippen LogP contribution in [0.25, 0.3) is 10.8 Å². The molecule has 0 saturated carbocycles. The van der Waals surface area contributed by atoms with Crippen molar-refractivity contribution in [2.45, 2.75) is 32.9 Å². The highest BCUT2D eigenvalue weighted by Crippen LogP contribution is 2.36. The number of anilines is 1. The van der Waals surface area contributed by atoms with Gasteiger partial charge in [-0.3, -0.25) is 9.88 Å². The van der Waals surface area contributed by atoms with Crippen LogP contribution in [0.5, 0.6) is 0 Å². The average Bonchev–Trinajstić information content (AvgIpc) is 3.32. The highest BCUT2D eigenvalue weighted by molar-refractivity contribution is 7.71. The fourth-order valence-corrected chi connectivity index (χ4v) is 5.38. The van der Waals surface area contributed by atoms with E-state index in [1.807, 2.05) is 22.2 Å². The molecule has 0 aromatic carbocycles. The molecule has 7 nitrogen and oxygen atoms in total. The van der Waals surface area contributed by atoms with E-state index >= 15 is 0 Å². The van der Waals surface area contributed by atoms with Crippen LogP contribution < -0.4 is 4.90 Å². The third-order valence-corrected chi connectivity index (χ3v) is 7.25. The first-order chi connectivity index (χ1) is 14.2. The molecular formula is C20H24N6OS2. The van der Waals surface area contributed by atoms with Gasteiger partial charge in [0.15, 0.2) is 0 Å². The maximum absolute atomic E-state index is 5.86. The number of thiophene rings is 1. The second-order valence-corrected chi connectivity index (χ2v) is 9.38. The van der Waals surface area contributed by atoms with Gasteiger partial charge in [0.25, 0.3) is 10.7 Å². The smallest absolute Gasteiger partial charge is 0.288 e. The first-order valence-electron chi connectivity index (χ1n) is 10.1. The molecule has 1 atom stereocenters. The van der Waals surface area contributed by atoms with Gasteiger partial charge >= 0.3 is 0 Å². The molecule has 1 aliphatic heterocycles. The minimum absolute atomic E-state index is 0.441. The number of rotatable bonds is 4. The third-order valence-electron chi connectivity index (χ3n) is 5.73. The van der Waals surface area contributed by atoms with Crippen molar-refractivity contribution < 1.29 is 4.42 Å². The lowest BCUT2D eigenvalue weighted by atomic mass is 9.90. The molecule has 2 aliphatic rings. The van der Waals surface area contributed by atoms with Crippen LogP contribution in [0.2, 0.25) is 0 Å². The number of hydrogen-bond donors (Lipinski definition) is 0. The van der Waals surface area contributed by atoms with E-state index in [0.29, 0.717) is 17.4 Å². The van der Waals surface area contributed by atoms with Crippen molar-refractivity contribution in [3.8, 4) is 10.8 Å². The highest BCUT2D eigenvalue weighted by Gasteiger charge is 2.22. The summed E-state index contributed by atoms with van der Waals surface area (Å²) in [6, 6.07) is 2.25. The second kappa shape index (κ2) is 7.97. The molecule has 1 saturated heterocycles. The Labute approximate surface area is 179 Å². The summed E-state index contributed by atoms with van der Waals surface area (Å²) in [5.74, 6) is 2.35. The Kier molecular flexibility index (Phi) is 5.19. The van der Waals surface area contributed by atoms with Gasteiger partial charge in [-0.2, -0.15) is 0 Å². The molecule has 0 bridgehead atoms. The van der Waals surface area contributed by atoms with Crippen molar-refractivity contribution in [3.05, 3.63) is 39.9 Å². The molecule has 1 fully saturated rings. The molecule has 9 heteroatoms. The molecule has 1 aliphatic carbocycles. The Hall–Kier alpha value is -2.10. The summed E-state index contributed by atoms with van der Waals surface area (Å²) in [5.41, 5.74) is 1.46. The molecule has 5 rings (SSSR count). The third kappa shape index (κ3) is 3.99. The number of nitrogens with zero attached hydrogens (tertiary/aromatic N) is 6. The molecular weight excluding hydrogens is 404 g/mol. The van der Waals surface area contributed by atoms with Crippen LogP contribution in [-0.2, 0) is 19.5 Å². The topological polar surface area (TPSA) is 63.2 Å². The minimum atomic E-state index is 0.441. The van der Waals surface area contributed by atoms with E-state index in [4.69, 9.17) is 21.7 Å². The normalized spacial score (nSPS) is 20.0. The maximum atomic E-state index is 5.86. The summed E-state index contributed by atoms with van der Waals surface area (Å²) in [4.78, 5) is 16.2. The fraction of sp³-hybridized carbons (Fsp3) is 0.500. The Morgan fingerprint density at radius 2 is 2.10 bits per heavy atom. The van der Waals surface area contributed by atoms with Crippen LogP contribution >= 0.6 is 23.6 Å². The quantitative estimate of drug-likeness (QED) is 0.588. The van der Waals surface area contributed by atoms with Gasteiger partial charge in [-0.1, -0.05) is 6.92 Å². The summed E-state index contributed by atoms with van der Waals surface area (Å²) in [6.45, 7) is 6.64. The van der Waals surface area contributed by atoms with E-state index < -0.39 is 0 Å². The van der Waals surface area contributed by atoms with E-state index in [0.717, 1.165) is 49.2 Å². The first kappa shape index (κ1) is 18.9. The minimum Gasteiger partial charge on any atom is -0.408 e. The fourth-order valence-electron chi connectivity index (χ4n) is 4.07. The monoisotopic (exact) mass is 428 g/mol. The SMILES string of the molecule is C[C@@H]1CCc2sc(-c3nn(CN4CCN(c5cnccn5)CC4)c(=S)o3)cc2C1. The van der Waals surface area contributed by atoms with E-state index in [1.165, 1.54) is 23.3 Å². The van der Waals surface area contributed by atoms with Crippen LogP contribution in [0.3, 0.4) is 0 Å². The van der Waals surface area contributed by atoms with Gasteiger partial charge in [0.05, 0.1) is 17.7 Å². The highest BCUT2D eigenvalue weighted by atomic mass is 32.1. The molecule has 0 radical (unpaired) electrons. The molecule has 3 aromatic heterocycles. The predicted molar refractivity (Wildman–Crippen MR) is 116 cm³/mol. The summed E-state index contributed by atoms with van der Waals surface area (Å²) in [7, 11) is 0. The zero-order valence-corrected chi connectivity index (χ0v) is 18.1. The van der Waals surface area contributed by atoms with Crippen LogP contribution in [0.4, 0.5) is 5.82 Å². The molecule has 4 heterocycles. The summed E-state index contributed by atoms with van der Waals surface area (Å²) >= 11 is 7.26. The van der Waals surface area contributed by atoms with E-state index in [9.17, 15) is 0 Å². The lowest BCUT2D eigenvalue weighted by Crippen LogP contribution is -2.47. The Bertz CT molecular complexity index is 1030. The molecule has 0 unspecified atom stereocenters. The Morgan fingerprint density at radius 3 is 2.90 bits per heavy atom. The summed E-state index contributed by atoms with van der Waals surface area (Å²) in [5, 5.41) is 4.69. The Balaban J connectivity index is 1.25. The van der Waals surface area contributed by atoms with Gasteiger partial charge in [0, 0.05) is 43.4 Å². The predicted octanol–water partition coefficient (Wildman–Crippen LogP) is 3.63. The Morgan fingerprint density at radius 1 is 1.24 bits per heavy atom. The second-order valence-electron chi connectivity index (χ2n) is 7.89. The number of aromatic nitrogens is 4. The van der Waals surface area contributed by atoms with Crippen LogP contribution in [0, 0.1) is 10.8 Å². The summed E-state index contributed by atoms with van der Waals surface area (Å²) < 4.78 is 7.67. The van der Waals surface area contributed by atoms with Gasteiger partial charge in [-0.25, -0.2) is 9.67 Å². The van der Waals surface area contributed by atoms with Crippen molar-refractivity contribution >= 4 is 29.4 Å². The zero-order valence-electron chi connectivity index (χ0n) is 16.5. The summed E-state index contributed by atoms with van der Waals surface area (Å²) in [6.07, 6.45) is 8.85. The molecule has 3 aromatic rings. The van der Waals surface area contributed by atoms with E-state index in [1.54, 1.807) is 12.4 Å². The number of piperazine rings is 1. The standard InChI is InChI=1S/C20H24N6OS2/c1-14-2-3-16-15(10-14)11-17(29-16)19-23-26(20(28)27-19)13-24-6-8-25(9-7-24)18-12-21-4-5-22-18/h4-5,11-12,14H,2-3,6-10,13H2,1H3/t14-/m1/s1. The van der Waals surface area contributed by atoms with Gasteiger partial charge in [0.2, 0.25) is 0 Å². The lowest BCUT2D eigenvalue weighted by Gasteiger charge is -2.34. The van der Waals surface area contributed by atoms with Gasteiger partial charge in [-0.05, 0) is 49.0 Å². The van der Waals surface area contributed by atoms with E-state index in [-0.39, 0.29) is 0 Å². The van der Waals surface area contributed by atoms with Gasteiger partial charge < -0.3 is 9.32 Å². The largest absolute Gasteiger partial charge is 0.408 e. The van der Waals surface area contributed by atoms with Crippen molar-refractivity contribution in [1.82, 2.24) is 24.6 Å². The molecule has 152 valence electrons. The van der Waals surface area contributed by atoms with E-state index in [2.05, 4.69) is 32.8 Å². The molecule has 0 spiro atoms. The van der Waals surface area contributed by atoms with Crippen molar-refractivity contribution in [1.29, 1.82) is 0 Å². The number of aryl methyl sites for hydroxylation is 1. The lowest BCUT2D eigenvalue weighted by molar-refractivity contribution is 0.192. The molecule has 0 N–H and O–H groups in total. The van der Waals surface area contributed by atoms with Gasteiger partial charge in [0.1, 0.15) is 5.82 Å². The maximum Gasteiger partial charge on any atom is 0.288 e. The number of hydrogen-bond acceptors (Lipinski definition) is 8. The zero-order chi connectivity index (χ0) is 19.8. The molecule has 0 amide bonds. The van der Waals surface area contributed by atoms with Crippen LogP contribution in [-0.4, -0.2) is 50.8 Å². The first-order valence-corrected chi connectivity index (χ1v) is 11.3. The van der Waals surface area contributed by atoms with Crippen molar-refractivity contribution in [3.63, 3.8) is 0 Å². The number of fused-ring (bicyclic) bond motifs is 1. The van der Waals surface area contributed by atoms with Crippen molar-refractivity contribution in [2.75, 3.05) is 31.1 Å². The molecule has 29 heavy (non-hydrogen) atoms. The van der Waals surface area contributed by atoms with Crippen LogP contribution in [0.1, 0.15) is 23.8 Å². The average molecular weight is 429 g/mol. The van der Waals surface area contributed by atoms with Gasteiger partial charge in [-0.15, -0.1) is 16.4 Å². The van der Waals surface area contributed by atoms with Crippen LogP contribution in [0.15, 0.2) is 29.1 Å².